The van der Waals surface area contributed by atoms with Gasteiger partial charge < -0.3 is 4.57 Å². The van der Waals surface area contributed by atoms with E-state index in [2.05, 4.69) is 76.1 Å². The van der Waals surface area contributed by atoms with Crippen LogP contribution in [0.25, 0.3) is 5.69 Å². The van der Waals surface area contributed by atoms with Gasteiger partial charge >= 0.3 is 0 Å². The second kappa shape index (κ2) is 6.44. The molecule has 1 aromatic heterocycles. The molecule has 0 atom stereocenters. The molecule has 0 N–H and O–H groups in total. The topological polar surface area (TPSA) is 17.8 Å². The number of allylic oxidation sites excluding steroid dienone is 1. The minimum atomic E-state index is -0.556. The molecule has 0 aliphatic rings. The van der Waals surface area contributed by atoms with Crippen LogP contribution in [-0.2, 0) is 0 Å². The molecule has 2 aromatic rings. The summed E-state index contributed by atoms with van der Waals surface area (Å²) in [7, 11) is -0.556. The predicted octanol–water partition coefficient (Wildman–Crippen LogP) is 3.45. The average molecular weight is 299 g/mol. The van der Waals surface area contributed by atoms with Gasteiger partial charge in [0.05, 0.1) is 11.1 Å². The standard InChI is InChI=1S/C18H26N2Si/c1-12(2)16-17(13(3)4)20(15-10-8-7-9-11-15)18(19-16)21-14(5)6/h7-13H,5,21H2,1-4,6H3. The molecule has 0 amide bonds. The first-order valence-corrected chi connectivity index (χ1v) is 9.14. The zero-order valence-electron chi connectivity index (χ0n) is 13.9. The Morgan fingerprint density at radius 3 is 2.19 bits per heavy atom. The number of para-hydroxylation sites is 1. The third kappa shape index (κ3) is 3.35. The first-order chi connectivity index (χ1) is 9.91. The quantitative estimate of drug-likeness (QED) is 0.773. The number of rotatable bonds is 5. The van der Waals surface area contributed by atoms with Crippen molar-refractivity contribution in [2.24, 2.45) is 0 Å². The van der Waals surface area contributed by atoms with Crippen molar-refractivity contribution in [1.82, 2.24) is 9.55 Å². The van der Waals surface area contributed by atoms with Gasteiger partial charge in [0.25, 0.3) is 0 Å². The molecule has 0 aliphatic carbocycles. The Balaban J connectivity index is 2.71. The minimum Gasteiger partial charge on any atom is -0.304 e. The van der Waals surface area contributed by atoms with E-state index in [1.54, 1.807) is 0 Å². The van der Waals surface area contributed by atoms with Crippen LogP contribution >= 0.6 is 0 Å². The number of aromatic nitrogens is 2. The van der Waals surface area contributed by atoms with E-state index in [0.717, 1.165) is 0 Å². The van der Waals surface area contributed by atoms with Crippen molar-refractivity contribution in [2.45, 2.75) is 46.5 Å². The van der Waals surface area contributed by atoms with Crippen LogP contribution in [0.1, 0.15) is 57.8 Å². The lowest BCUT2D eigenvalue weighted by Gasteiger charge is -2.16. The molecule has 112 valence electrons. The van der Waals surface area contributed by atoms with Crippen molar-refractivity contribution in [3.63, 3.8) is 0 Å². The van der Waals surface area contributed by atoms with Crippen LogP contribution in [0.15, 0.2) is 42.1 Å². The van der Waals surface area contributed by atoms with E-state index in [1.807, 2.05) is 0 Å². The smallest absolute Gasteiger partial charge is 0.127 e. The molecule has 0 fully saturated rings. The maximum absolute atomic E-state index is 5.01. The van der Waals surface area contributed by atoms with E-state index in [4.69, 9.17) is 4.98 Å². The molecule has 0 saturated heterocycles. The average Bonchev–Trinajstić information content (AvgIpc) is 2.78. The molecule has 0 spiro atoms. The molecule has 2 rings (SSSR count). The Kier molecular flexibility index (Phi) is 4.83. The van der Waals surface area contributed by atoms with Gasteiger partial charge in [-0.15, -0.1) is 6.58 Å². The number of hydrogen-bond acceptors (Lipinski definition) is 1. The zero-order chi connectivity index (χ0) is 15.6. The van der Waals surface area contributed by atoms with Crippen LogP contribution in [0.3, 0.4) is 0 Å². The fourth-order valence-electron chi connectivity index (χ4n) is 2.73. The van der Waals surface area contributed by atoms with Crippen molar-refractivity contribution in [3.8, 4) is 5.69 Å². The van der Waals surface area contributed by atoms with Crippen LogP contribution in [0.2, 0.25) is 0 Å². The van der Waals surface area contributed by atoms with Gasteiger partial charge in [-0.2, -0.15) is 0 Å². The highest BCUT2D eigenvalue weighted by Gasteiger charge is 2.22. The Morgan fingerprint density at radius 1 is 1.10 bits per heavy atom. The molecular formula is C18H26N2Si. The molecule has 0 saturated carbocycles. The van der Waals surface area contributed by atoms with Crippen molar-refractivity contribution in [2.75, 3.05) is 0 Å². The normalized spacial score (nSPS) is 12.0. The maximum Gasteiger partial charge on any atom is 0.127 e. The summed E-state index contributed by atoms with van der Waals surface area (Å²) < 4.78 is 2.39. The highest BCUT2D eigenvalue weighted by Crippen LogP contribution is 2.26. The summed E-state index contributed by atoms with van der Waals surface area (Å²) >= 11 is 0. The Labute approximate surface area is 130 Å². The van der Waals surface area contributed by atoms with Crippen molar-refractivity contribution in [1.29, 1.82) is 0 Å². The number of hydrogen-bond donors (Lipinski definition) is 0. The molecule has 0 radical (unpaired) electrons. The van der Waals surface area contributed by atoms with E-state index < -0.39 is 9.52 Å². The molecule has 0 unspecified atom stereocenters. The first-order valence-electron chi connectivity index (χ1n) is 7.73. The van der Waals surface area contributed by atoms with Gasteiger partial charge in [-0.3, -0.25) is 0 Å². The minimum absolute atomic E-state index is 0.449. The van der Waals surface area contributed by atoms with E-state index in [0.29, 0.717) is 11.8 Å². The monoisotopic (exact) mass is 298 g/mol. The Bertz CT molecular complexity index is 624. The highest BCUT2D eigenvalue weighted by molar-refractivity contribution is 6.59. The van der Waals surface area contributed by atoms with Crippen molar-refractivity contribution < 1.29 is 0 Å². The summed E-state index contributed by atoms with van der Waals surface area (Å²) in [6.45, 7) is 15.2. The van der Waals surface area contributed by atoms with Gasteiger partial charge in [0, 0.05) is 11.4 Å². The van der Waals surface area contributed by atoms with Gasteiger partial charge in [-0.25, -0.2) is 4.98 Å². The lowest BCUT2D eigenvalue weighted by molar-refractivity contribution is 0.738. The third-order valence-corrected chi connectivity index (χ3v) is 4.97. The van der Waals surface area contributed by atoms with E-state index in [-0.39, 0.29) is 0 Å². The Hall–Kier alpha value is -1.61. The molecule has 0 aliphatic heterocycles. The van der Waals surface area contributed by atoms with Crippen molar-refractivity contribution >= 4 is 15.0 Å². The van der Waals surface area contributed by atoms with Crippen LogP contribution in [-0.4, -0.2) is 19.1 Å². The van der Waals surface area contributed by atoms with Gasteiger partial charge in [-0.05, 0) is 30.9 Å². The lowest BCUT2D eigenvalue weighted by atomic mass is 10.0. The van der Waals surface area contributed by atoms with E-state index >= 15 is 0 Å². The second-order valence-corrected chi connectivity index (χ2v) is 8.61. The summed E-state index contributed by atoms with van der Waals surface area (Å²) in [4.78, 5) is 5.01. The van der Waals surface area contributed by atoms with E-state index in [9.17, 15) is 0 Å². The summed E-state index contributed by atoms with van der Waals surface area (Å²) in [5, 5.41) is 1.28. The van der Waals surface area contributed by atoms with Crippen LogP contribution < -0.4 is 5.45 Å². The largest absolute Gasteiger partial charge is 0.304 e. The van der Waals surface area contributed by atoms with Crippen molar-refractivity contribution in [3.05, 3.63) is 53.5 Å². The second-order valence-electron chi connectivity index (χ2n) is 6.41. The number of benzene rings is 1. The number of nitrogens with zero attached hydrogens (tertiary/aromatic N) is 2. The maximum atomic E-state index is 5.01. The van der Waals surface area contributed by atoms with Gasteiger partial charge in [-0.1, -0.05) is 51.1 Å². The zero-order valence-corrected chi connectivity index (χ0v) is 15.3. The molecule has 2 nitrogen and oxygen atoms in total. The fourth-order valence-corrected chi connectivity index (χ4v) is 4.03. The Morgan fingerprint density at radius 2 is 1.71 bits per heavy atom. The van der Waals surface area contributed by atoms with Gasteiger partial charge in [0.1, 0.15) is 9.52 Å². The van der Waals surface area contributed by atoms with Crippen LogP contribution in [0.4, 0.5) is 0 Å². The lowest BCUT2D eigenvalue weighted by Crippen LogP contribution is -2.27. The first kappa shape index (κ1) is 15.8. The third-order valence-electron chi connectivity index (χ3n) is 3.58. The molecule has 1 aromatic carbocycles. The summed E-state index contributed by atoms with van der Waals surface area (Å²) in [6, 6.07) is 10.6. The fraction of sp³-hybridized carbons (Fsp3) is 0.389. The summed E-state index contributed by atoms with van der Waals surface area (Å²) in [6.07, 6.45) is 0. The van der Waals surface area contributed by atoms with Gasteiger partial charge in [0.2, 0.25) is 0 Å². The SMILES string of the molecule is C=C(C)[SiH2]c1nc(C(C)C)c(C(C)C)n1-c1ccccc1. The van der Waals surface area contributed by atoms with Gasteiger partial charge in [0.15, 0.2) is 0 Å². The van der Waals surface area contributed by atoms with Crippen LogP contribution in [0.5, 0.6) is 0 Å². The molecular weight excluding hydrogens is 272 g/mol. The van der Waals surface area contributed by atoms with E-state index in [1.165, 1.54) is 27.7 Å². The molecule has 1 heterocycles. The number of imidazole rings is 1. The predicted molar refractivity (Wildman–Crippen MR) is 94.7 cm³/mol. The van der Waals surface area contributed by atoms with Crippen LogP contribution in [0, 0.1) is 0 Å². The molecule has 3 heteroatoms. The highest BCUT2D eigenvalue weighted by atomic mass is 28.2. The molecule has 0 bridgehead atoms. The summed E-state index contributed by atoms with van der Waals surface area (Å²) in [5.74, 6) is 0.910. The summed E-state index contributed by atoms with van der Waals surface area (Å²) in [5.41, 5.74) is 5.07. The molecule has 21 heavy (non-hydrogen) atoms.